The first-order valence-corrected chi connectivity index (χ1v) is 4.56. The molecular formula is C10H11FN2O. The summed E-state index contributed by atoms with van der Waals surface area (Å²) in [6.45, 7) is 0.498. The van der Waals surface area contributed by atoms with Crippen molar-refractivity contribution in [1.82, 2.24) is 9.88 Å². The zero-order chi connectivity index (χ0) is 9.97. The van der Waals surface area contributed by atoms with Gasteiger partial charge in [0.25, 0.3) is 0 Å². The van der Waals surface area contributed by atoms with Crippen molar-refractivity contribution in [2.75, 3.05) is 13.1 Å². The van der Waals surface area contributed by atoms with E-state index in [1.165, 1.54) is 4.90 Å². The number of halogens is 1. The van der Waals surface area contributed by atoms with E-state index in [0.717, 1.165) is 5.56 Å². The highest BCUT2D eigenvalue weighted by molar-refractivity contribution is 5.79. The fourth-order valence-corrected chi connectivity index (χ4v) is 1.42. The van der Waals surface area contributed by atoms with Crippen LogP contribution < -0.4 is 0 Å². The zero-order valence-electron chi connectivity index (χ0n) is 7.69. The molecule has 0 spiro atoms. The predicted octanol–water partition coefficient (Wildman–Crippen LogP) is 0.804. The molecule has 0 bridgehead atoms. The van der Waals surface area contributed by atoms with Gasteiger partial charge in [0.1, 0.15) is 6.17 Å². The van der Waals surface area contributed by atoms with Crippen LogP contribution in [0.5, 0.6) is 0 Å². The third-order valence-corrected chi connectivity index (χ3v) is 2.27. The van der Waals surface area contributed by atoms with E-state index >= 15 is 0 Å². The molecule has 0 radical (unpaired) electrons. The number of hydrogen-bond acceptors (Lipinski definition) is 2. The lowest BCUT2D eigenvalue weighted by atomic mass is 10.1. The molecule has 2 heterocycles. The maximum absolute atomic E-state index is 12.5. The molecule has 0 unspecified atom stereocenters. The Labute approximate surface area is 81.6 Å². The van der Waals surface area contributed by atoms with Gasteiger partial charge in [-0.3, -0.25) is 9.78 Å². The Kier molecular flexibility index (Phi) is 2.43. The molecule has 4 heteroatoms. The number of alkyl halides is 1. The summed E-state index contributed by atoms with van der Waals surface area (Å²) in [6.07, 6.45) is 2.81. The number of likely N-dealkylation sites (tertiary alicyclic amines) is 1. The first-order chi connectivity index (χ1) is 6.75. The standard InChI is InChI=1S/C10H11FN2O/c11-9-6-13(7-9)10(14)4-8-2-1-3-12-5-8/h1-3,5,9H,4,6-7H2. The number of carbonyl (C=O) groups is 1. The summed E-state index contributed by atoms with van der Waals surface area (Å²) in [7, 11) is 0. The molecule has 0 saturated carbocycles. The Morgan fingerprint density at radius 2 is 2.43 bits per heavy atom. The van der Waals surface area contributed by atoms with E-state index in [4.69, 9.17) is 0 Å². The lowest BCUT2D eigenvalue weighted by Gasteiger charge is -2.34. The predicted molar refractivity (Wildman–Crippen MR) is 49.4 cm³/mol. The van der Waals surface area contributed by atoms with E-state index in [0.29, 0.717) is 6.42 Å². The molecule has 74 valence electrons. The third kappa shape index (κ3) is 1.89. The van der Waals surface area contributed by atoms with Gasteiger partial charge in [-0.25, -0.2) is 4.39 Å². The normalized spacial score (nSPS) is 16.5. The van der Waals surface area contributed by atoms with E-state index in [1.54, 1.807) is 18.5 Å². The zero-order valence-corrected chi connectivity index (χ0v) is 7.69. The molecule has 14 heavy (non-hydrogen) atoms. The van der Waals surface area contributed by atoms with Crippen molar-refractivity contribution >= 4 is 5.91 Å². The van der Waals surface area contributed by atoms with Crippen LogP contribution in [0.15, 0.2) is 24.5 Å². The second-order valence-electron chi connectivity index (χ2n) is 3.43. The molecule has 1 fully saturated rings. The monoisotopic (exact) mass is 194 g/mol. The number of amides is 1. The molecule has 1 aromatic heterocycles. The van der Waals surface area contributed by atoms with Gasteiger partial charge in [-0.2, -0.15) is 0 Å². The molecular weight excluding hydrogens is 183 g/mol. The van der Waals surface area contributed by atoms with Crippen LogP contribution in [-0.2, 0) is 11.2 Å². The first kappa shape index (κ1) is 9.12. The number of carbonyl (C=O) groups excluding carboxylic acids is 1. The molecule has 1 amide bonds. The van der Waals surface area contributed by atoms with Crippen LogP contribution in [-0.4, -0.2) is 35.1 Å². The van der Waals surface area contributed by atoms with E-state index < -0.39 is 6.17 Å². The van der Waals surface area contributed by atoms with Crippen LogP contribution >= 0.6 is 0 Å². The topological polar surface area (TPSA) is 33.2 Å². The second kappa shape index (κ2) is 3.74. The summed E-state index contributed by atoms with van der Waals surface area (Å²) in [5, 5.41) is 0. The minimum Gasteiger partial charge on any atom is -0.336 e. The SMILES string of the molecule is O=C(Cc1cccnc1)N1CC(F)C1. The maximum atomic E-state index is 12.5. The smallest absolute Gasteiger partial charge is 0.227 e. The fraction of sp³-hybridized carbons (Fsp3) is 0.400. The molecule has 1 aromatic rings. The second-order valence-corrected chi connectivity index (χ2v) is 3.43. The summed E-state index contributed by atoms with van der Waals surface area (Å²) >= 11 is 0. The van der Waals surface area contributed by atoms with Crippen LogP contribution in [0.4, 0.5) is 4.39 Å². The van der Waals surface area contributed by atoms with E-state index in [2.05, 4.69) is 4.98 Å². The molecule has 1 saturated heterocycles. The van der Waals surface area contributed by atoms with E-state index in [1.807, 2.05) is 6.07 Å². The van der Waals surface area contributed by atoms with Crippen molar-refractivity contribution in [3.05, 3.63) is 30.1 Å². The van der Waals surface area contributed by atoms with Crippen molar-refractivity contribution in [1.29, 1.82) is 0 Å². The average molecular weight is 194 g/mol. The van der Waals surface area contributed by atoms with Crippen molar-refractivity contribution in [2.24, 2.45) is 0 Å². The summed E-state index contributed by atoms with van der Waals surface area (Å²) in [4.78, 5) is 16.9. The summed E-state index contributed by atoms with van der Waals surface area (Å²) in [6, 6.07) is 3.63. The average Bonchev–Trinajstić information content (AvgIpc) is 2.14. The summed E-state index contributed by atoms with van der Waals surface area (Å²) < 4.78 is 12.5. The van der Waals surface area contributed by atoms with Crippen LogP contribution in [0.3, 0.4) is 0 Å². The largest absolute Gasteiger partial charge is 0.336 e. The Hall–Kier alpha value is -1.45. The third-order valence-electron chi connectivity index (χ3n) is 2.27. The molecule has 0 N–H and O–H groups in total. The summed E-state index contributed by atoms with van der Waals surface area (Å²) in [5.74, 6) is -0.0214. The highest BCUT2D eigenvalue weighted by Gasteiger charge is 2.29. The summed E-state index contributed by atoms with van der Waals surface area (Å²) in [5.41, 5.74) is 0.875. The highest BCUT2D eigenvalue weighted by Crippen LogP contribution is 2.12. The van der Waals surface area contributed by atoms with Crippen molar-refractivity contribution in [3.63, 3.8) is 0 Å². The molecule has 0 aromatic carbocycles. The van der Waals surface area contributed by atoms with Crippen molar-refractivity contribution in [3.8, 4) is 0 Å². The van der Waals surface area contributed by atoms with Crippen LogP contribution in [0.25, 0.3) is 0 Å². The van der Waals surface area contributed by atoms with Gasteiger partial charge >= 0.3 is 0 Å². The fourth-order valence-electron chi connectivity index (χ4n) is 1.42. The Balaban J connectivity index is 1.89. The molecule has 3 nitrogen and oxygen atoms in total. The van der Waals surface area contributed by atoms with Crippen molar-refractivity contribution in [2.45, 2.75) is 12.6 Å². The van der Waals surface area contributed by atoms with E-state index in [-0.39, 0.29) is 19.0 Å². The van der Waals surface area contributed by atoms with Gasteiger partial charge in [-0.05, 0) is 11.6 Å². The van der Waals surface area contributed by atoms with Gasteiger partial charge in [0.2, 0.25) is 5.91 Å². The molecule has 2 rings (SSSR count). The maximum Gasteiger partial charge on any atom is 0.227 e. The van der Waals surface area contributed by atoms with Crippen LogP contribution in [0.2, 0.25) is 0 Å². The first-order valence-electron chi connectivity index (χ1n) is 4.56. The van der Waals surface area contributed by atoms with Gasteiger partial charge in [-0.15, -0.1) is 0 Å². The Morgan fingerprint density at radius 3 is 3.00 bits per heavy atom. The van der Waals surface area contributed by atoms with E-state index in [9.17, 15) is 9.18 Å². The lowest BCUT2D eigenvalue weighted by molar-refractivity contribution is -0.137. The minimum absolute atomic E-state index is 0.0214. The number of nitrogens with zero attached hydrogens (tertiary/aromatic N) is 2. The minimum atomic E-state index is -0.826. The number of rotatable bonds is 2. The molecule has 0 atom stereocenters. The highest BCUT2D eigenvalue weighted by atomic mass is 19.1. The van der Waals surface area contributed by atoms with Crippen LogP contribution in [0, 0.1) is 0 Å². The molecule has 1 aliphatic heterocycles. The Bertz CT molecular complexity index is 322. The molecule has 0 aliphatic carbocycles. The molecule has 1 aliphatic rings. The van der Waals surface area contributed by atoms with Gasteiger partial charge in [0, 0.05) is 12.4 Å². The van der Waals surface area contributed by atoms with Gasteiger partial charge in [0.05, 0.1) is 19.5 Å². The number of hydrogen-bond donors (Lipinski definition) is 0. The Morgan fingerprint density at radius 1 is 1.64 bits per heavy atom. The van der Waals surface area contributed by atoms with Gasteiger partial charge < -0.3 is 4.90 Å². The lowest BCUT2D eigenvalue weighted by Crippen LogP contribution is -2.52. The number of aromatic nitrogens is 1. The van der Waals surface area contributed by atoms with Crippen LogP contribution in [0.1, 0.15) is 5.56 Å². The quantitative estimate of drug-likeness (QED) is 0.697. The van der Waals surface area contributed by atoms with Gasteiger partial charge in [-0.1, -0.05) is 6.07 Å². The van der Waals surface area contributed by atoms with Gasteiger partial charge in [0.15, 0.2) is 0 Å². The number of pyridine rings is 1. The van der Waals surface area contributed by atoms with Crippen molar-refractivity contribution < 1.29 is 9.18 Å².